The molecule has 1 aromatic rings. The summed E-state index contributed by atoms with van der Waals surface area (Å²) >= 11 is 0. The number of hydrogen-bond donors (Lipinski definition) is 3. The van der Waals surface area contributed by atoms with Crippen molar-refractivity contribution >= 4 is 17.7 Å². The van der Waals surface area contributed by atoms with Crippen LogP contribution in [0.25, 0.3) is 6.08 Å². The van der Waals surface area contributed by atoms with Gasteiger partial charge in [0.2, 0.25) is 0 Å². The monoisotopic (exact) mass is 206 g/mol. The van der Waals surface area contributed by atoms with Crippen molar-refractivity contribution in [3.05, 3.63) is 35.4 Å². The molecule has 15 heavy (non-hydrogen) atoms. The first kappa shape index (κ1) is 11.3. The molecule has 1 rings (SSSR count). The van der Waals surface area contributed by atoms with Crippen LogP contribution in [0, 0.1) is 0 Å². The molecule has 4 nitrogen and oxygen atoms in total. The molecule has 0 atom stereocenters. The first-order chi connectivity index (χ1) is 7.15. The SMILES string of the molecule is CNCC=Cc1ccc(N)c(C(=O)O)c1. The van der Waals surface area contributed by atoms with Crippen LogP contribution >= 0.6 is 0 Å². The third-order valence-corrected chi connectivity index (χ3v) is 1.94. The van der Waals surface area contributed by atoms with Crippen molar-refractivity contribution in [2.45, 2.75) is 0 Å². The van der Waals surface area contributed by atoms with Gasteiger partial charge in [0, 0.05) is 12.2 Å². The molecule has 1 aromatic carbocycles. The number of carboxylic acid groups (broad SMARTS) is 1. The van der Waals surface area contributed by atoms with E-state index in [2.05, 4.69) is 5.32 Å². The number of nitrogens with two attached hydrogens (primary N) is 1. The number of carboxylic acids is 1. The zero-order valence-electron chi connectivity index (χ0n) is 8.53. The minimum atomic E-state index is -1.00. The maximum atomic E-state index is 10.8. The second kappa shape index (κ2) is 5.17. The minimum Gasteiger partial charge on any atom is -0.478 e. The predicted octanol–water partition coefficient (Wildman–Crippen LogP) is 1.20. The van der Waals surface area contributed by atoms with Crippen LogP contribution in [-0.4, -0.2) is 24.7 Å². The lowest BCUT2D eigenvalue weighted by atomic mass is 10.1. The number of benzene rings is 1. The number of rotatable bonds is 4. The first-order valence-electron chi connectivity index (χ1n) is 4.59. The molecule has 0 unspecified atom stereocenters. The molecule has 0 fully saturated rings. The van der Waals surface area contributed by atoms with Gasteiger partial charge in [0.05, 0.1) is 5.56 Å². The molecule has 80 valence electrons. The highest BCUT2D eigenvalue weighted by Crippen LogP contribution is 2.15. The van der Waals surface area contributed by atoms with Gasteiger partial charge in [0.15, 0.2) is 0 Å². The fraction of sp³-hybridized carbons (Fsp3) is 0.182. The van der Waals surface area contributed by atoms with E-state index in [1.54, 1.807) is 18.2 Å². The van der Waals surface area contributed by atoms with Crippen LogP contribution in [0.3, 0.4) is 0 Å². The third kappa shape index (κ3) is 3.11. The molecule has 0 spiro atoms. The Morgan fingerprint density at radius 1 is 1.60 bits per heavy atom. The van der Waals surface area contributed by atoms with Gasteiger partial charge in [-0.1, -0.05) is 18.2 Å². The Morgan fingerprint density at radius 2 is 2.33 bits per heavy atom. The van der Waals surface area contributed by atoms with E-state index < -0.39 is 5.97 Å². The lowest BCUT2D eigenvalue weighted by Crippen LogP contribution is -2.04. The Balaban J connectivity index is 2.92. The van der Waals surface area contributed by atoms with Gasteiger partial charge in [0.25, 0.3) is 0 Å². The first-order valence-corrected chi connectivity index (χ1v) is 4.59. The summed E-state index contributed by atoms with van der Waals surface area (Å²) in [5.74, 6) is -1.00. The maximum absolute atomic E-state index is 10.8. The van der Waals surface area contributed by atoms with Gasteiger partial charge < -0.3 is 16.2 Å². The maximum Gasteiger partial charge on any atom is 0.337 e. The molecule has 0 radical (unpaired) electrons. The fourth-order valence-electron chi connectivity index (χ4n) is 1.18. The predicted molar refractivity (Wildman–Crippen MR) is 60.8 cm³/mol. The molecule has 0 saturated carbocycles. The van der Waals surface area contributed by atoms with Gasteiger partial charge in [-0.2, -0.15) is 0 Å². The van der Waals surface area contributed by atoms with E-state index >= 15 is 0 Å². The van der Waals surface area contributed by atoms with E-state index in [0.717, 1.165) is 12.1 Å². The summed E-state index contributed by atoms with van der Waals surface area (Å²) in [5.41, 5.74) is 6.78. The molecule has 0 amide bonds. The third-order valence-electron chi connectivity index (χ3n) is 1.94. The van der Waals surface area contributed by atoms with Crippen LogP contribution in [0.1, 0.15) is 15.9 Å². The highest BCUT2D eigenvalue weighted by Gasteiger charge is 2.06. The summed E-state index contributed by atoms with van der Waals surface area (Å²) in [5, 5.41) is 11.8. The molecule has 0 aromatic heterocycles. The second-order valence-corrected chi connectivity index (χ2v) is 3.11. The Labute approximate surface area is 88.4 Å². The van der Waals surface area contributed by atoms with Crippen LogP contribution < -0.4 is 11.1 Å². The molecule has 0 bridgehead atoms. The van der Waals surface area contributed by atoms with Crippen molar-refractivity contribution in [1.82, 2.24) is 5.32 Å². The summed E-state index contributed by atoms with van der Waals surface area (Å²) in [7, 11) is 1.84. The number of likely N-dealkylation sites (N-methyl/N-ethyl adjacent to an activating group) is 1. The zero-order valence-corrected chi connectivity index (χ0v) is 8.53. The lowest BCUT2D eigenvalue weighted by Gasteiger charge is -2.01. The summed E-state index contributed by atoms with van der Waals surface area (Å²) in [6.45, 7) is 0.743. The standard InChI is InChI=1S/C11H14N2O2/c1-13-6-2-3-8-4-5-10(12)9(7-8)11(14)15/h2-5,7,13H,6,12H2,1H3,(H,14,15). The summed E-state index contributed by atoms with van der Waals surface area (Å²) in [4.78, 5) is 10.8. The van der Waals surface area contributed by atoms with E-state index in [4.69, 9.17) is 10.8 Å². The average molecular weight is 206 g/mol. The summed E-state index contributed by atoms with van der Waals surface area (Å²) in [6, 6.07) is 4.94. The fourth-order valence-corrected chi connectivity index (χ4v) is 1.18. The number of carbonyl (C=O) groups is 1. The number of aromatic carboxylic acids is 1. The Hall–Kier alpha value is -1.81. The highest BCUT2D eigenvalue weighted by atomic mass is 16.4. The number of anilines is 1. The average Bonchev–Trinajstić information content (AvgIpc) is 2.20. The van der Waals surface area contributed by atoms with Crippen LogP contribution in [0.4, 0.5) is 5.69 Å². The van der Waals surface area contributed by atoms with Crippen molar-refractivity contribution in [3.8, 4) is 0 Å². The Morgan fingerprint density at radius 3 is 2.93 bits per heavy atom. The molecular formula is C11H14N2O2. The van der Waals surface area contributed by atoms with Gasteiger partial charge in [0.1, 0.15) is 0 Å². The summed E-state index contributed by atoms with van der Waals surface area (Å²) < 4.78 is 0. The number of hydrogen-bond acceptors (Lipinski definition) is 3. The molecule has 0 aliphatic rings. The zero-order chi connectivity index (χ0) is 11.3. The van der Waals surface area contributed by atoms with Gasteiger partial charge in [-0.05, 0) is 24.7 Å². The van der Waals surface area contributed by atoms with Crippen LogP contribution in [0.15, 0.2) is 24.3 Å². The van der Waals surface area contributed by atoms with Crippen molar-refractivity contribution in [3.63, 3.8) is 0 Å². The smallest absolute Gasteiger partial charge is 0.337 e. The van der Waals surface area contributed by atoms with E-state index in [9.17, 15) is 4.79 Å². The van der Waals surface area contributed by atoms with Gasteiger partial charge >= 0.3 is 5.97 Å². The van der Waals surface area contributed by atoms with Crippen LogP contribution in [-0.2, 0) is 0 Å². The minimum absolute atomic E-state index is 0.140. The lowest BCUT2D eigenvalue weighted by molar-refractivity contribution is 0.0698. The molecule has 0 aliphatic heterocycles. The normalized spacial score (nSPS) is 10.7. The molecule has 4 N–H and O–H groups in total. The molecular weight excluding hydrogens is 192 g/mol. The summed E-state index contributed by atoms with van der Waals surface area (Å²) in [6.07, 6.45) is 3.76. The Bertz CT molecular complexity index is 386. The number of nitrogens with one attached hydrogen (secondary N) is 1. The van der Waals surface area contributed by atoms with Gasteiger partial charge in [-0.15, -0.1) is 0 Å². The van der Waals surface area contributed by atoms with E-state index in [1.807, 2.05) is 19.2 Å². The van der Waals surface area contributed by atoms with Crippen molar-refractivity contribution < 1.29 is 9.90 Å². The molecule has 0 aliphatic carbocycles. The van der Waals surface area contributed by atoms with Crippen molar-refractivity contribution in [2.24, 2.45) is 0 Å². The Kier molecular flexibility index (Phi) is 3.88. The topological polar surface area (TPSA) is 75.3 Å². The largest absolute Gasteiger partial charge is 0.478 e. The molecule has 0 saturated heterocycles. The molecule has 0 heterocycles. The van der Waals surface area contributed by atoms with Gasteiger partial charge in [-0.3, -0.25) is 0 Å². The van der Waals surface area contributed by atoms with E-state index in [1.165, 1.54) is 0 Å². The van der Waals surface area contributed by atoms with Gasteiger partial charge in [-0.25, -0.2) is 4.79 Å². The highest BCUT2D eigenvalue weighted by molar-refractivity contribution is 5.94. The second-order valence-electron chi connectivity index (χ2n) is 3.11. The quantitative estimate of drug-likeness (QED) is 0.647. The van der Waals surface area contributed by atoms with Crippen molar-refractivity contribution in [1.29, 1.82) is 0 Å². The molecule has 4 heteroatoms. The van der Waals surface area contributed by atoms with Crippen LogP contribution in [0.2, 0.25) is 0 Å². The number of nitrogen functional groups attached to an aromatic ring is 1. The van der Waals surface area contributed by atoms with Crippen molar-refractivity contribution in [2.75, 3.05) is 19.3 Å². The van der Waals surface area contributed by atoms with E-state index in [0.29, 0.717) is 0 Å². The van der Waals surface area contributed by atoms with Crippen LogP contribution in [0.5, 0.6) is 0 Å². The van der Waals surface area contributed by atoms with E-state index in [-0.39, 0.29) is 11.3 Å².